The van der Waals surface area contributed by atoms with Crippen molar-refractivity contribution in [2.24, 2.45) is 0 Å². The summed E-state index contributed by atoms with van der Waals surface area (Å²) in [5.74, 6) is -0.318. The van der Waals surface area contributed by atoms with Crippen molar-refractivity contribution in [1.29, 1.82) is 0 Å². The molecule has 7 nitrogen and oxygen atoms in total. The molecule has 35 heavy (non-hydrogen) atoms. The molecule has 0 saturated heterocycles. The highest BCUT2D eigenvalue weighted by Gasteiger charge is 2.15. The first-order valence-corrected chi connectivity index (χ1v) is 12.3. The number of nitrogens with one attached hydrogen (secondary N) is 2. The molecule has 2 amide bonds. The molecule has 0 aliphatic carbocycles. The van der Waals surface area contributed by atoms with Gasteiger partial charge in [0.2, 0.25) is 5.91 Å². The van der Waals surface area contributed by atoms with Crippen LogP contribution in [0.1, 0.15) is 27.0 Å². The number of hydrogen-bond acceptors (Lipinski definition) is 5. The van der Waals surface area contributed by atoms with Gasteiger partial charge in [-0.3, -0.25) is 14.2 Å². The highest BCUT2D eigenvalue weighted by Crippen LogP contribution is 2.23. The lowest BCUT2D eigenvalue weighted by molar-refractivity contribution is -0.113. The predicted octanol–water partition coefficient (Wildman–Crippen LogP) is 4.59. The number of aromatic nitrogens is 3. The summed E-state index contributed by atoms with van der Waals surface area (Å²) in [6, 6.07) is 23.1. The fraction of sp³-hybridized carbons (Fsp3) is 0.185. The first-order chi connectivity index (χ1) is 17.0. The molecule has 1 aromatic heterocycles. The maximum absolute atomic E-state index is 12.7. The van der Waals surface area contributed by atoms with E-state index in [4.69, 9.17) is 0 Å². The number of para-hydroxylation sites is 1. The predicted molar refractivity (Wildman–Crippen MR) is 139 cm³/mol. The molecule has 0 aliphatic rings. The molecular weight excluding hydrogens is 458 g/mol. The highest BCUT2D eigenvalue weighted by molar-refractivity contribution is 7.99. The number of anilines is 1. The van der Waals surface area contributed by atoms with E-state index in [0.29, 0.717) is 23.0 Å². The van der Waals surface area contributed by atoms with Crippen LogP contribution in [0.2, 0.25) is 0 Å². The van der Waals surface area contributed by atoms with E-state index in [-0.39, 0.29) is 17.6 Å². The SMILES string of the molecule is Cc1ccc(-n2cnnc2SCC(=O)Nc2ccccc2C(=O)NCCc2ccccc2)c(C)c1. The van der Waals surface area contributed by atoms with Crippen molar-refractivity contribution in [1.82, 2.24) is 20.1 Å². The van der Waals surface area contributed by atoms with Gasteiger partial charge in [0.05, 0.1) is 22.7 Å². The summed E-state index contributed by atoms with van der Waals surface area (Å²) in [4.78, 5) is 25.5. The summed E-state index contributed by atoms with van der Waals surface area (Å²) < 4.78 is 1.88. The topological polar surface area (TPSA) is 88.9 Å². The van der Waals surface area contributed by atoms with Crippen molar-refractivity contribution >= 4 is 29.3 Å². The van der Waals surface area contributed by atoms with E-state index in [0.717, 1.165) is 23.2 Å². The van der Waals surface area contributed by atoms with Crippen molar-refractivity contribution in [2.45, 2.75) is 25.4 Å². The number of benzene rings is 3. The first-order valence-electron chi connectivity index (χ1n) is 11.3. The van der Waals surface area contributed by atoms with Crippen LogP contribution in [-0.2, 0) is 11.2 Å². The molecule has 2 N–H and O–H groups in total. The van der Waals surface area contributed by atoms with E-state index in [1.54, 1.807) is 30.6 Å². The van der Waals surface area contributed by atoms with Crippen molar-refractivity contribution in [3.8, 4) is 5.69 Å². The van der Waals surface area contributed by atoms with E-state index in [2.05, 4.69) is 26.9 Å². The highest BCUT2D eigenvalue weighted by atomic mass is 32.2. The van der Waals surface area contributed by atoms with E-state index in [9.17, 15) is 9.59 Å². The number of aryl methyl sites for hydroxylation is 2. The molecule has 0 fully saturated rings. The Kier molecular flexibility index (Phi) is 7.95. The van der Waals surface area contributed by atoms with Gasteiger partial charge in [-0.1, -0.05) is 71.9 Å². The second-order valence-corrected chi connectivity index (χ2v) is 9.09. The maximum atomic E-state index is 12.7. The van der Waals surface area contributed by atoms with Gasteiger partial charge in [-0.05, 0) is 49.6 Å². The lowest BCUT2D eigenvalue weighted by Gasteiger charge is -2.12. The van der Waals surface area contributed by atoms with Crippen molar-refractivity contribution in [3.63, 3.8) is 0 Å². The van der Waals surface area contributed by atoms with Gasteiger partial charge in [-0.25, -0.2) is 0 Å². The summed E-state index contributed by atoms with van der Waals surface area (Å²) in [6.45, 7) is 4.59. The second kappa shape index (κ2) is 11.5. The monoisotopic (exact) mass is 485 g/mol. The fourth-order valence-electron chi connectivity index (χ4n) is 3.73. The van der Waals surface area contributed by atoms with Crippen molar-refractivity contribution < 1.29 is 9.59 Å². The van der Waals surface area contributed by atoms with Gasteiger partial charge >= 0.3 is 0 Å². The zero-order chi connectivity index (χ0) is 24.6. The smallest absolute Gasteiger partial charge is 0.253 e. The van der Waals surface area contributed by atoms with Crippen LogP contribution in [0, 0.1) is 13.8 Å². The quantitative estimate of drug-likeness (QED) is 0.339. The minimum Gasteiger partial charge on any atom is -0.352 e. The average Bonchev–Trinajstić information content (AvgIpc) is 3.32. The van der Waals surface area contributed by atoms with Gasteiger partial charge in [-0.15, -0.1) is 10.2 Å². The number of carbonyl (C=O) groups is 2. The average molecular weight is 486 g/mol. The number of rotatable bonds is 9. The lowest BCUT2D eigenvalue weighted by atomic mass is 10.1. The van der Waals surface area contributed by atoms with Crippen LogP contribution < -0.4 is 10.6 Å². The molecule has 3 aromatic carbocycles. The number of nitrogens with zero attached hydrogens (tertiary/aromatic N) is 3. The number of hydrogen-bond donors (Lipinski definition) is 2. The summed E-state index contributed by atoms with van der Waals surface area (Å²) in [6.07, 6.45) is 2.38. The van der Waals surface area contributed by atoms with Gasteiger partial charge < -0.3 is 10.6 Å². The Morgan fingerprint density at radius 3 is 2.54 bits per heavy atom. The van der Waals surface area contributed by atoms with Crippen LogP contribution in [0.4, 0.5) is 5.69 Å². The van der Waals surface area contributed by atoms with E-state index in [1.165, 1.54) is 17.3 Å². The molecule has 1 heterocycles. The molecule has 4 aromatic rings. The van der Waals surface area contributed by atoms with Crippen molar-refractivity contribution in [3.05, 3.63) is 101 Å². The molecule has 0 aliphatic heterocycles. The van der Waals surface area contributed by atoms with Crippen LogP contribution >= 0.6 is 11.8 Å². The Bertz CT molecular complexity index is 1320. The zero-order valence-electron chi connectivity index (χ0n) is 19.7. The molecule has 0 saturated carbocycles. The Morgan fingerprint density at radius 2 is 1.74 bits per heavy atom. The minimum absolute atomic E-state index is 0.133. The Labute approximate surface area is 209 Å². The molecule has 4 rings (SSSR count). The molecule has 8 heteroatoms. The van der Waals surface area contributed by atoms with E-state index >= 15 is 0 Å². The number of amides is 2. The van der Waals surface area contributed by atoms with Gasteiger partial charge in [-0.2, -0.15) is 0 Å². The largest absolute Gasteiger partial charge is 0.352 e. The van der Waals surface area contributed by atoms with Crippen LogP contribution in [0.15, 0.2) is 84.3 Å². The third-order valence-electron chi connectivity index (χ3n) is 5.45. The number of carbonyl (C=O) groups excluding carboxylic acids is 2. The van der Waals surface area contributed by atoms with Gasteiger partial charge in [0.25, 0.3) is 5.91 Å². The van der Waals surface area contributed by atoms with Crippen LogP contribution in [0.5, 0.6) is 0 Å². The normalized spacial score (nSPS) is 10.7. The molecular formula is C27H27N5O2S. The van der Waals surface area contributed by atoms with Crippen LogP contribution in [-0.4, -0.2) is 38.9 Å². The summed E-state index contributed by atoms with van der Waals surface area (Å²) in [5.41, 5.74) is 5.31. The summed E-state index contributed by atoms with van der Waals surface area (Å²) in [7, 11) is 0. The lowest BCUT2D eigenvalue weighted by Crippen LogP contribution is -2.27. The fourth-order valence-corrected chi connectivity index (χ4v) is 4.45. The van der Waals surface area contributed by atoms with Gasteiger partial charge in [0.15, 0.2) is 5.16 Å². The molecule has 0 atom stereocenters. The third-order valence-corrected chi connectivity index (χ3v) is 6.39. The van der Waals surface area contributed by atoms with Gasteiger partial charge in [0.1, 0.15) is 6.33 Å². The third kappa shape index (κ3) is 6.36. The van der Waals surface area contributed by atoms with Crippen LogP contribution in [0.25, 0.3) is 5.69 Å². The summed E-state index contributed by atoms with van der Waals surface area (Å²) >= 11 is 1.29. The van der Waals surface area contributed by atoms with E-state index in [1.807, 2.05) is 60.9 Å². The minimum atomic E-state index is -0.227. The molecule has 0 spiro atoms. The van der Waals surface area contributed by atoms with Gasteiger partial charge in [0, 0.05) is 6.54 Å². The molecule has 0 unspecified atom stereocenters. The Balaban J connectivity index is 1.36. The zero-order valence-corrected chi connectivity index (χ0v) is 20.5. The molecule has 0 bridgehead atoms. The molecule has 178 valence electrons. The Hall–Kier alpha value is -3.91. The van der Waals surface area contributed by atoms with Crippen molar-refractivity contribution in [2.75, 3.05) is 17.6 Å². The second-order valence-electron chi connectivity index (χ2n) is 8.15. The standard InChI is InChI=1S/C27H27N5O2S/c1-19-12-13-24(20(2)16-19)32-18-29-31-27(32)35-17-25(33)30-23-11-7-6-10-22(23)26(34)28-15-14-21-8-4-3-5-9-21/h3-13,16,18H,14-15,17H2,1-2H3,(H,28,34)(H,30,33). The first kappa shape index (κ1) is 24.2. The maximum Gasteiger partial charge on any atom is 0.253 e. The Morgan fingerprint density at radius 1 is 0.971 bits per heavy atom. The number of thioether (sulfide) groups is 1. The summed E-state index contributed by atoms with van der Waals surface area (Å²) in [5, 5.41) is 14.6. The van der Waals surface area contributed by atoms with Crippen LogP contribution in [0.3, 0.4) is 0 Å². The van der Waals surface area contributed by atoms with E-state index < -0.39 is 0 Å². The molecule has 0 radical (unpaired) electrons.